The number of hydrogen-bond donors (Lipinski definition) is 0. The Morgan fingerprint density at radius 1 is 1.53 bits per heavy atom. The molecule has 6 nitrogen and oxygen atoms in total. The van der Waals surface area contributed by atoms with Crippen molar-refractivity contribution in [3.63, 3.8) is 0 Å². The molecule has 0 aromatic carbocycles. The summed E-state index contributed by atoms with van der Waals surface area (Å²) in [5.74, 6) is -0.439. The minimum absolute atomic E-state index is 0.100. The van der Waals surface area contributed by atoms with E-state index < -0.39 is 5.97 Å². The first-order chi connectivity index (χ1) is 7.97. The van der Waals surface area contributed by atoms with Gasteiger partial charge in [0.15, 0.2) is 5.69 Å². The number of nitrogens with zero attached hydrogens (tertiary/aromatic N) is 2. The van der Waals surface area contributed by atoms with Crippen molar-refractivity contribution in [1.82, 2.24) is 10.1 Å². The van der Waals surface area contributed by atoms with Crippen LogP contribution < -0.4 is 4.74 Å². The fourth-order valence-corrected chi connectivity index (χ4v) is 1.05. The Morgan fingerprint density at radius 2 is 2.18 bits per heavy atom. The molecule has 94 valence electrons. The average Bonchev–Trinajstić information content (AvgIpc) is 2.61. The fraction of sp³-hybridized carbons (Fsp3) is 0.500. The van der Waals surface area contributed by atoms with Gasteiger partial charge in [-0.25, -0.2) is 4.79 Å². The molecular weight excluding hydrogens is 244 g/mol. The van der Waals surface area contributed by atoms with Crippen LogP contribution in [0.1, 0.15) is 23.0 Å². The molecule has 0 aliphatic carbocycles. The maximum absolute atomic E-state index is 11.5. The summed E-state index contributed by atoms with van der Waals surface area (Å²) in [6.07, 6.45) is 0. The van der Waals surface area contributed by atoms with Crippen molar-refractivity contribution in [2.75, 3.05) is 20.7 Å². The number of ether oxygens (including phenoxy) is 2. The number of rotatable bonds is 3. The summed E-state index contributed by atoms with van der Waals surface area (Å²) < 4.78 is 14.9. The van der Waals surface area contributed by atoms with E-state index in [0.717, 1.165) is 0 Å². The third kappa shape index (κ3) is 3.16. The lowest BCUT2D eigenvalue weighted by Crippen LogP contribution is -2.25. The van der Waals surface area contributed by atoms with E-state index in [1.807, 2.05) is 0 Å². The molecule has 17 heavy (non-hydrogen) atoms. The monoisotopic (exact) mass is 258 g/mol. The number of carbonyl (C=O) groups is 1. The SMILES string of the molecule is CCOC(=O)c1noc(OC(=S)N(C)C)c1C. The fourth-order valence-electron chi connectivity index (χ4n) is 0.976. The van der Waals surface area contributed by atoms with Gasteiger partial charge in [-0.1, -0.05) is 5.16 Å². The molecule has 0 spiro atoms. The number of aromatic nitrogens is 1. The molecule has 0 fully saturated rings. The Balaban J connectivity index is 2.84. The summed E-state index contributed by atoms with van der Waals surface area (Å²) >= 11 is 4.95. The smallest absolute Gasteiger partial charge is 0.360 e. The zero-order chi connectivity index (χ0) is 13.0. The molecule has 0 N–H and O–H groups in total. The van der Waals surface area contributed by atoms with Crippen molar-refractivity contribution in [1.29, 1.82) is 0 Å². The molecule has 0 aliphatic heterocycles. The molecule has 0 unspecified atom stereocenters. The van der Waals surface area contributed by atoms with Gasteiger partial charge in [0.25, 0.3) is 5.17 Å². The van der Waals surface area contributed by atoms with E-state index in [2.05, 4.69) is 5.16 Å². The molecule has 0 saturated heterocycles. The Bertz CT molecular complexity index is 428. The third-order valence-electron chi connectivity index (χ3n) is 1.90. The van der Waals surface area contributed by atoms with E-state index >= 15 is 0 Å². The maximum atomic E-state index is 11.5. The molecule has 0 saturated carbocycles. The molecule has 1 aromatic heterocycles. The molecular formula is C10H14N2O4S. The molecule has 1 heterocycles. The van der Waals surface area contributed by atoms with E-state index in [4.69, 9.17) is 26.2 Å². The van der Waals surface area contributed by atoms with Gasteiger partial charge < -0.3 is 18.9 Å². The zero-order valence-electron chi connectivity index (χ0n) is 10.1. The van der Waals surface area contributed by atoms with Gasteiger partial charge in [-0.2, -0.15) is 0 Å². The molecule has 7 heteroatoms. The van der Waals surface area contributed by atoms with Crippen LogP contribution in [0.5, 0.6) is 5.95 Å². The van der Waals surface area contributed by atoms with Crippen molar-refractivity contribution >= 4 is 23.4 Å². The van der Waals surface area contributed by atoms with E-state index in [1.165, 1.54) is 0 Å². The zero-order valence-corrected chi connectivity index (χ0v) is 11.0. The first-order valence-corrected chi connectivity index (χ1v) is 5.40. The number of thiocarbonyl (C=S) groups is 1. The lowest BCUT2D eigenvalue weighted by molar-refractivity contribution is 0.0514. The first kappa shape index (κ1) is 13.4. The minimum Gasteiger partial charge on any atom is -0.461 e. The van der Waals surface area contributed by atoms with E-state index in [-0.39, 0.29) is 23.4 Å². The second-order valence-corrected chi connectivity index (χ2v) is 3.78. The third-order valence-corrected chi connectivity index (χ3v) is 2.34. The number of hydrogen-bond acceptors (Lipinski definition) is 6. The van der Waals surface area contributed by atoms with Crippen LogP contribution in [0.2, 0.25) is 0 Å². The standard InChI is InChI=1S/C10H14N2O4S/c1-5-14-8(13)7-6(2)9(16-11-7)15-10(17)12(3)4/h5H2,1-4H3. The average molecular weight is 258 g/mol. The van der Waals surface area contributed by atoms with Gasteiger partial charge in [0.2, 0.25) is 0 Å². The van der Waals surface area contributed by atoms with Gasteiger partial charge in [0, 0.05) is 14.1 Å². The van der Waals surface area contributed by atoms with Crippen LogP contribution in [0.4, 0.5) is 0 Å². The van der Waals surface area contributed by atoms with Crippen molar-refractivity contribution in [2.24, 2.45) is 0 Å². The van der Waals surface area contributed by atoms with E-state index in [0.29, 0.717) is 5.56 Å². The highest BCUT2D eigenvalue weighted by Crippen LogP contribution is 2.22. The normalized spacial score (nSPS) is 9.88. The summed E-state index contributed by atoms with van der Waals surface area (Å²) in [4.78, 5) is 13.1. The van der Waals surface area contributed by atoms with E-state index in [1.54, 1.807) is 32.8 Å². The Morgan fingerprint density at radius 3 is 2.71 bits per heavy atom. The molecule has 0 atom stereocenters. The summed E-state index contributed by atoms with van der Waals surface area (Å²) in [5, 5.41) is 3.82. The van der Waals surface area contributed by atoms with Crippen LogP contribution in [0.15, 0.2) is 4.52 Å². The quantitative estimate of drug-likeness (QED) is 0.599. The summed E-state index contributed by atoms with van der Waals surface area (Å²) in [6, 6.07) is 0. The lowest BCUT2D eigenvalue weighted by atomic mass is 10.3. The van der Waals surface area contributed by atoms with E-state index in [9.17, 15) is 4.79 Å². The van der Waals surface area contributed by atoms with Crippen molar-refractivity contribution in [2.45, 2.75) is 13.8 Å². The first-order valence-electron chi connectivity index (χ1n) is 4.99. The predicted molar refractivity (Wildman–Crippen MR) is 64.1 cm³/mol. The largest absolute Gasteiger partial charge is 0.461 e. The highest BCUT2D eigenvalue weighted by atomic mass is 32.1. The van der Waals surface area contributed by atoms with Gasteiger partial charge in [-0.3, -0.25) is 0 Å². The number of esters is 1. The number of carbonyl (C=O) groups excluding carboxylic acids is 1. The highest BCUT2D eigenvalue weighted by molar-refractivity contribution is 7.80. The van der Waals surface area contributed by atoms with Crippen LogP contribution in [-0.4, -0.2) is 41.9 Å². The molecule has 0 radical (unpaired) electrons. The molecule has 0 aliphatic rings. The van der Waals surface area contributed by atoms with Crippen molar-refractivity contribution in [3.8, 4) is 5.95 Å². The lowest BCUT2D eigenvalue weighted by Gasteiger charge is -2.11. The van der Waals surface area contributed by atoms with Crippen LogP contribution in [0.25, 0.3) is 0 Å². The van der Waals surface area contributed by atoms with Gasteiger partial charge >= 0.3 is 11.9 Å². The minimum atomic E-state index is -0.542. The predicted octanol–water partition coefficient (Wildman–Crippen LogP) is 1.39. The van der Waals surface area contributed by atoms with Gasteiger partial charge in [-0.15, -0.1) is 0 Å². The second-order valence-electron chi connectivity index (χ2n) is 3.43. The van der Waals surface area contributed by atoms with Crippen LogP contribution in [0.3, 0.4) is 0 Å². The maximum Gasteiger partial charge on any atom is 0.360 e. The second kappa shape index (κ2) is 5.62. The van der Waals surface area contributed by atoms with Gasteiger partial charge in [0.1, 0.15) is 0 Å². The van der Waals surface area contributed by atoms with Crippen LogP contribution in [0, 0.1) is 6.92 Å². The summed E-state index contributed by atoms with van der Waals surface area (Å²) in [7, 11) is 3.47. The summed E-state index contributed by atoms with van der Waals surface area (Å²) in [5.41, 5.74) is 0.566. The van der Waals surface area contributed by atoms with Crippen LogP contribution in [-0.2, 0) is 4.74 Å². The Hall–Kier alpha value is -1.63. The van der Waals surface area contributed by atoms with Gasteiger partial charge in [-0.05, 0) is 26.1 Å². The van der Waals surface area contributed by atoms with Gasteiger partial charge in [0.05, 0.1) is 12.2 Å². The van der Waals surface area contributed by atoms with Crippen molar-refractivity contribution in [3.05, 3.63) is 11.3 Å². The molecule has 1 rings (SSSR count). The highest BCUT2D eigenvalue weighted by Gasteiger charge is 2.22. The van der Waals surface area contributed by atoms with Crippen LogP contribution >= 0.6 is 12.2 Å². The Kier molecular flexibility index (Phi) is 4.45. The Labute approximate surface area is 104 Å². The molecule has 1 aromatic rings. The van der Waals surface area contributed by atoms with Crippen molar-refractivity contribution < 1.29 is 18.8 Å². The summed E-state index contributed by atoms with van der Waals surface area (Å²) in [6.45, 7) is 3.64. The topological polar surface area (TPSA) is 64.8 Å². The molecule has 0 amide bonds. The molecule has 0 bridgehead atoms.